The number of carbonyl (C=O) groups excluding carboxylic acids is 1. The molecule has 0 saturated heterocycles. The lowest BCUT2D eigenvalue weighted by Crippen LogP contribution is -2.29. The zero-order valence-corrected chi connectivity index (χ0v) is 8.52. The number of carbonyl (C=O) groups is 1. The molecule has 1 amide bonds. The van der Waals surface area contributed by atoms with Gasteiger partial charge in [-0.15, -0.1) is 0 Å². The van der Waals surface area contributed by atoms with Gasteiger partial charge in [0.1, 0.15) is 0 Å². The number of pyridine rings is 1. The van der Waals surface area contributed by atoms with Gasteiger partial charge in [0.05, 0.1) is 0 Å². The lowest BCUT2D eigenvalue weighted by Gasteiger charge is -2.02. The number of rotatable bonds is 4. The quantitative estimate of drug-likeness (QED) is 0.739. The van der Waals surface area contributed by atoms with Crippen LogP contribution in [0.4, 0.5) is 0 Å². The minimum atomic E-state index is 0.0682. The van der Waals surface area contributed by atoms with Crippen molar-refractivity contribution in [1.82, 2.24) is 10.3 Å². The van der Waals surface area contributed by atoms with E-state index < -0.39 is 0 Å². The molecule has 0 radical (unpaired) electrons. The van der Waals surface area contributed by atoms with E-state index in [4.69, 9.17) is 5.73 Å². The zero-order chi connectivity index (χ0) is 10.7. The van der Waals surface area contributed by atoms with E-state index in [-0.39, 0.29) is 18.0 Å². The molecule has 1 fully saturated rings. The number of hydrogen-bond acceptors (Lipinski definition) is 3. The Bertz CT molecular complexity index is 339. The minimum Gasteiger partial charge on any atom is -0.352 e. The fourth-order valence-electron chi connectivity index (χ4n) is 1.45. The third-order valence-electron chi connectivity index (χ3n) is 2.52. The Kier molecular flexibility index (Phi) is 2.97. The Balaban J connectivity index is 1.71. The molecule has 0 bridgehead atoms. The molecule has 1 aromatic rings. The average molecular weight is 205 g/mol. The second-order valence-electron chi connectivity index (χ2n) is 3.89. The van der Waals surface area contributed by atoms with E-state index in [1.165, 1.54) is 0 Å². The fourth-order valence-corrected chi connectivity index (χ4v) is 1.45. The maximum atomic E-state index is 11.4. The van der Waals surface area contributed by atoms with Crippen molar-refractivity contribution in [2.24, 2.45) is 5.73 Å². The van der Waals surface area contributed by atoms with Gasteiger partial charge < -0.3 is 11.1 Å². The highest BCUT2D eigenvalue weighted by Gasteiger charge is 2.34. The van der Waals surface area contributed by atoms with Gasteiger partial charge in [0.25, 0.3) is 0 Å². The van der Waals surface area contributed by atoms with Crippen molar-refractivity contribution in [3.63, 3.8) is 0 Å². The molecule has 2 rings (SSSR count). The van der Waals surface area contributed by atoms with Gasteiger partial charge >= 0.3 is 0 Å². The van der Waals surface area contributed by atoms with Crippen LogP contribution in [0.3, 0.4) is 0 Å². The van der Waals surface area contributed by atoms with Crippen LogP contribution in [-0.2, 0) is 11.2 Å². The maximum absolute atomic E-state index is 11.4. The summed E-state index contributed by atoms with van der Waals surface area (Å²) in [6.07, 6.45) is 3.83. The van der Waals surface area contributed by atoms with Crippen LogP contribution in [0.2, 0.25) is 0 Å². The summed E-state index contributed by atoms with van der Waals surface area (Å²) in [6.45, 7) is 0. The summed E-state index contributed by atoms with van der Waals surface area (Å²) in [5.41, 5.74) is 6.55. The maximum Gasteiger partial charge on any atom is 0.220 e. The summed E-state index contributed by atoms with van der Waals surface area (Å²) in [5.74, 6) is 0.0682. The highest BCUT2D eigenvalue weighted by molar-refractivity contribution is 5.77. The molecule has 3 N–H and O–H groups in total. The molecule has 1 aromatic heterocycles. The Labute approximate surface area is 88.9 Å². The van der Waals surface area contributed by atoms with Crippen molar-refractivity contribution < 1.29 is 4.79 Å². The highest BCUT2D eigenvalue weighted by Crippen LogP contribution is 2.17. The summed E-state index contributed by atoms with van der Waals surface area (Å²) in [5, 5.41) is 2.88. The second-order valence-corrected chi connectivity index (χ2v) is 3.89. The van der Waals surface area contributed by atoms with E-state index in [2.05, 4.69) is 10.3 Å². The molecule has 1 saturated carbocycles. The minimum absolute atomic E-state index is 0.0682. The monoisotopic (exact) mass is 205 g/mol. The first-order chi connectivity index (χ1) is 7.25. The van der Waals surface area contributed by atoms with Crippen LogP contribution in [0.25, 0.3) is 0 Å². The topological polar surface area (TPSA) is 68.0 Å². The Hall–Kier alpha value is -1.42. The molecular weight excluding hydrogens is 190 g/mol. The first kappa shape index (κ1) is 10.1. The third kappa shape index (κ3) is 3.02. The fraction of sp³-hybridized carbons (Fsp3) is 0.455. The van der Waals surface area contributed by atoms with Crippen molar-refractivity contribution in [3.05, 3.63) is 30.1 Å². The van der Waals surface area contributed by atoms with Gasteiger partial charge in [-0.2, -0.15) is 0 Å². The van der Waals surface area contributed by atoms with Gasteiger partial charge in [0.2, 0.25) is 5.91 Å². The predicted molar refractivity (Wildman–Crippen MR) is 57.1 cm³/mol. The second kappa shape index (κ2) is 4.40. The molecule has 0 aliphatic heterocycles. The molecule has 1 aliphatic rings. The van der Waals surface area contributed by atoms with Crippen LogP contribution in [0.1, 0.15) is 18.5 Å². The SMILES string of the molecule is NC1CC1NC(=O)CCc1ccccn1. The lowest BCUT2D eigenvalue weighted by molar-refractivity contribution is -0.121. The lowest BCUT2D eigenvalue weighted by atomic mass is 10.2. The molecule has 2 atom stereocenters. The van der Waals surface area contributed by atoms with Crippen LogP contribution in [0, 0.1) is 0 Å². The van der Waals surface area contributed by atoms with E-state index in [0.29, 0.717) is 12.8 Å². The number of amides is 1. The molecule has 15 heavy (non-hydrogen) atoms. The van der Waals surface area contributed by atoms with Gasteiger partial charge in [-0.05, 0) is 25.0 Å². The van der Waals surface area contributed by atoms with Gasteiger partial charge in [0, 0.05) is 30.4 Å². The van der Waals surface area contributed by atoms with E-state index in [0.717, 1.165) is 12.1 Å². The van der Waals surface area contributed by atoms with Crippen LogP contribution < -0.4 is 11.1 Å². The van der Waals surface area contributed by atoms with E-state index in [9.17, 15) is 4.79 Å². The zero-order valence-electron chi connectivity index (χ0n) is 8.52. The normalized spacial score (nSPS) is 23.5. The van der Waals surface area contributed by atoms with Crippen LogP contribution in [-0.4, -0.2) is 23.0 Å². The van der Waals surface area contributed by atoms with Crippen molar-refractivity contribution in [1.29, 1.82) is 0 Å². The summed E-state index contributed by atoms with van der Waals surface area (Å²) < 4.78 is 0. The molecule has 0 spiro atoms. The molecule has 4 heteroatoms. The molecule has 1 aliphatic carbocycles. The summed E-state index contributed by atoms with van der Waals surface area (Å²) >= 11 is 0. The van der Waals surface area contributed by atoms with Crippen molar-refractivity contribution in [2.75, 3.05) is 0 Å². The smallest absolute Gasteiger partial charge is 0.220 e. The summed E-state index contributed by atoms with van der Waals surface area (Å²) in [7, 11) is 0. The van der Waals surface area contributed by atoms with E-state index in [1.54, 1.807) is 6.20 Å². The number of nitrogens with two attached hydrogens (primary N) is 1. The van der Waals surface area contributed by atoms with Crippen molar-refractivity contribution in [3.8, 4) is 0 Å². The largest absolute Gasteiger partial charge is 0.352 e. The molecule has 4 nitrogen and oxygen atoms in total. The van der Waals surface area contributed by atoms with Crippen LogP contribution in [0.15, 0.2) is 24.4 Å². The summed E-state index contributed by atoms with van der Waals surface area (Å²) in [4.78, 5) is 15.6. The number of hydrogen-bond donors (Lipinski definition) is 2. The number of aromatic nitrogens is 1. The standard InChI is InChI=1S/C11H15N3O/c12-9-7-10(9)14-11(15)5-4-8-3-1-2-6-13-8/h1-3,6,9-10H,4-5,7,12H2,(H,14,15). The van der Waals surface area contributed by atoms with E-state index in [1.807, 2.05) is 18.2 Å². The highest BCUT2D eigenvalue weighted by atomic mass is 16.1. The van der Waals surface area contributed by atoms with Gasteiger partial charge in [-0.3, -0.25) is 9.78 Å². The van der Waals surface area contributed by atoms with Gasteiger partial charge in [-0.25, -0.2) is 0 Å². The van der Waals surface area contributed by atoms with Crippen LogP contribution in [0.5, 0.6) is 0 Å². The Morgan fingerprint density at radius 1 is 1.60 bits per heavy atom. The van der Waals surface area contributed by atoms with E-state index >= 15 is 0 Å². The number of aryl methyl sites for hydroxylation is 1. The van der Waals surface area contributed by atoms with Gasteiger partial charge in [-0.1, -0.05) is 6.07 Å². The molecule has 1 heterocycles. The van der Waals surface area contributed by atoms with Gasteiger partial charge in [0.15, 0.2) is 0 Å². The number of nitrogens with zero attached hydrogens (tertiary/aromatic N) is 1. The summed E-state index contributed by atoms with van der Waals surface area (Å²) in [6, 6.07) is 6.10. The number of nitrogens with one attached hydrogen (secondary N) is 1. The van der Waals surface area contributed by atoms with Crippen LogP contribution >= 0.6 is 0 Å². The predicted octanol–water partition coefficient (Wildman–Crippen LogP) is 0.230. The first-order valence-electron chi connectivity index (χ1n) is 5.20. The molecule has 2 unspecified atom stereocenters. The third-order valence-corrected chi connectivity index (χ3v) is 2.52. The Morgan fingerprint density at radius 2 is 2.40 bits per heavy atom. The molecule has 80 valence electrons. The molecule has 0 aromatic carbocycles. The van der Waals surface area contributed by atoms with Crippen molar-refractivity contribution in [2.45, 2.75) is 31.3 Å². The molecular formula is C11H15N3O. The first-order valence-corrected chi connectivity index (χ1v) is 5.20. The Morgan fingerprint density at radius 3 is 3.00 bits per heavy atom. The average Bonchev–Trinajstić information content (AvgIpc) is 2.93. The van der Waals surface area contributed by atoms with Crippen molar-refractivity contribution >= 4 is 5.91 Å².